The van der Waals surface area contributed by atoms with Crippen LogP contribution in [0.1, 0.15) is 29.6 Å². The molecule has 3 heterocycles. The van der Waals surface area contributed by atoms with Gasteiger partial charge in [0, 0.05) is 11.4 Å². The van der Waals surface area contributed by atoms with Crippen LogP contribution in [0.3, 0.4) is 0 Å². The van der Waals surface area contributed by atoms with Crippen molar-refractivity contribution >= 4 is 39.7 Å². The quantitative estimate of drug-likeness (QED) is 0.779. The highest BCUT2D eigenvalue weighted by atomic mass is 32.1. The molecule has 3 N–H and O–H groups in total. The van der Waals surface area contributed by atoms with E-state index in [1.165, 1.54) is 11.3 Å². The average Bonchev–Trinajstić information content (AvgIpc) is 3.04. The van der Waals surface area contributed by atoms with Crippen LogP contribution >= 0.6 is 11.3 Å². The number of carbonyl (C=O) groups excluding carboxylic acids is 1. The van der Waals surface area contributed by atoms with Gasteiger partial charge in [0.15, 0.2) is 5.65 Å². The van der Waals surface area contributed by atoms with Gasteiger partial charge in [0.25, 0.3) is 5.91 Å². The zero-order valence-corrected chi connectivity index (χ0v) is 12.5. The summed E-state index contributed by atoms with van der Waals surface area (Å²) in [7, 11) is 0. The largest absolute Gasteiger partial charge is 0.397 e. The predicted molar refractivity (Wildman–Crippen MR) is 84.6 cm³/mol. The van der Waals surface area contributed by atoms with Crippen LogP contribution in [0.4, 0.5) is 11.4 Å². The van der Waals surface area contributed by atoms with E-state index in [9.17, 15) is 4.79 Å². The van der Waals surface area contributed by atoms with Crippen LogP contribution < -0.4 is 11.1 Å². The Hall–Kier alpha value is -2.41. The van der Waals surface area contributed by atoms with Crippen LogP contribution in [0.2, 0.25) is 0 Å². The Kier molecular flexibility index (Phi) is 3.34. The lowest BCUT2D eigenvalue weighted by Crippen LogP contribution is -2.12. The molecule has 3 rings (SSSR count). The lowest BCUT2D eigenvalue weighted by atomic mass is 10.3. The van der Waals surface area contributed by atoms with Crippen LogP contribution in [0.25, 0.3) is 11.0 Å². The summed E-state index contributed by atoms with van der Waals surface area (Å²) in [6, 6.07) is 3.81. The summed E-state index contributed by atoms with van der Waals surface area (Å²) in [6.45, 7) is 4.09. The van der Waals surface area contributed by atoms with Crippen molar-refractivity contribution in [2.45, 2.75) is 19.9 Å². The van der Waals surface area contributed by atoms with Gasteiger partial charge in [0.1, 0.15) is 4.88 Å². The number of nitrogens with one attached hydrogen (secondary N) is 1. The summed E-state index contributed by atoms with van der Waals surface area (Å²) in [5.41, 5.74) is 7.66. The third-order valence-electron chi connectivity index (χ3n) is 3.08. The van der Waals surface area contributed by atoms with Crippen molar-refractivity contribution in [3.8, 4) is 0 Å². The lowest BCUT2D eigenvalue weighted by molar-refractivity contribution is 0.103. The van der Waals surface area contributed by atoms with E-state index in [0.717, 1.165) is 11.0 Å². The molecule has 7 heteroatoms. The Morgan fingerprint density at radius 3 is 2.90 bits per heavy atom. The van der Waals surface area contributed by atoms with Crippen LogP contribution in [0, 0.1) is 0 Å². The molecule has 0 fully saturated rings. The Labute approximate surface area is 125 Å². The van der Waals surface area contributed by atoms with E-state index in [1.807, 2.05) is 24.6 Å². The summed E-state index contributed by atoms with van der Waals surface area (Å²) >= 11 is 1.31. The zero-order chi connectivity index (χ0) is 15.0. The van der Waals surface area contributed by atoms with E-state index in [4.69, 9.17) is 5.73 Å². The molecule has 3 aromatic heterocycles. The second-order valence-electron chi connectivity index (χ2n) is 4.98. The third-order valence-corrected chi connectivity index (χ3v) is 4.01. The van der Waals surface area contributed by atoms with Crippen molar-refractivity contribution < 1.29 is 4.79 Å². The van der Waals surface area contributed by atoms with Gasteiger partial charge < -0.3 is 11.1 Å². The van der Waals surface area contributed by atoms with Gasteiger partial charge in [-0.05, 0) is 31.4 Å². The predicted octanol–water partition coefficient (Wildman–Crippen LogP) is 2.91. The number of nitrogens with zero attached hydrogens (tertiary/aromatic N) is 3. The van der Waals surface area contributed by atoms with Crippen molar-refractivity contribution in [2.75, 3.05) is 11.1 Å². The maximum Gasteiger partial charge on any atom is 0.267 e. The molecule has 3 aromatic rings. The van der Waals surface area contributed by atoms with Crippen molar-refractivity contribution in [1.82, 2.24) is 14.8 Å². The fourth-order valence-electron chi connectivity index (χ4n) is 2.08. The van der Waals surface area contributed by atoms with E-state index >= 15 is 0 Å². The number of nitrogens with two attached hydrogens (primary N) is 1. The standard InChI is InChI=1S/C14H15N5OS/c1-8(2)19-13-9(6-17-19)5-10(7-16-13)18-14(20)12-11(15)3-4-21-12/h3-8H,15H2,1-2H3,(H,18,20). The van der Waals surface area contributed by atoms with Crippen molar-refractivity contribution in [3.05, 3.63) is 34.8 Å². The first-order valence-electron chi connectivity index (χ1n) is 6.54. The number of carbonyl (C=O) groups is 1. The topological polar surface area (TPSA) is 85.8 Å². The molecule has 0 spiro atoms. The molecule has 0 saturated carbocycles. The molecule has 0 radical (unpaired) electrons. The molecule has 0 aliphatic heterocycles. The van der Waals surface area contributed by atoms with Gasteiger partial charge in [-0.2, -0.15) is 5.10 Å². The fraction of sp³-hybridized carbons (Fsp3) is 0.214. The van der Waals surface area contributed by atoms with Crippen molar-refractivity contribution in [2.24, 2.45) is 0 Å². The molecule has 108 valence electrons. The minimum atomic E-state index is -0.222. The SMILES string of the molecule is CC(C)n1ncc2cc(NC(=O)c3sccc3N)cnc21. The number of fused-ring (bicyclic) bond motifs is 1. The molecule has 21 heavy (non-hydrogen) atoms. The first kappa shape index (κ1) is 13.6. The summed E-state index contributed by atoms with van der Waals surface area (Å²) in [6.07, 6.45) is 3.38. The van der Waals surface area contributed by atoms with Crippen molar-refractivity contribution in [1.29, 1.82) is 0 Å². The van der Waals surface area contributed by atoms with E-state index in [0.29, 0.717) is 16.3 Å². The Bertz CT molecular complexity index is 805. The number of rotatable bonds is 3. The van der Waals surface area contributed by atoms with Crippen LogP contribution in [-0.4, -0.2) is 20.7 Å². The molecule has 0 atom stereocenters. The fourth-order valence-corrected chi connectivity index (χ4v) is 2.79. The van der Waals surface area contributed by atoms with Gasteiger partial charge in [-0.25, -0.2) is 9.67 Å². The van der Waals surface area contributed by atoms with E-state index in [-0.39, 0.29) is 11.9 Å². The number of thiophene rings is 1. The molecule has 0 aliphatic carbocycles. The summed E-state index contributed by atoms with van der Waals surface area (Å²) < 4.78 is 1.85. The van der Waals surface area contributed by atoms with Crippen molar-refractivity contribution in [3.63, 3.8) is 0 Å². The monoisotopic (exact) mass is 301 g/mol. The number of anilines is 2. The van der Waals surface area contributed by atoms with Crippen LogP contribution in [0.5, 0.6) is 0 Å². The normalized spacial score (nSPS) is 11.2. The average molecular weight is 301 g/mol. The molecule has 0 saturated heterocycles. The second-order valence-corrected chi connectivity index (χ2v) is 5.90. The Morgan fingerprint density at radius 1 is 1.43 bits per heavy atom. The van der Waals surface area contributed by atoms with E-state index in [2.05, 4.69) is 15.4 Å². The van der Waals surface area contributed by atoms with Gasteiger partial charge >= 0.3 is 0 Å². The van der Waals surface area contributed by atoms with Gasteiger partial charge in [0.2, 0.25) is 0 Å². The molecule has 0 bridgehead atoms. The minimum absolute atomic E-state index is 0.222. The Morgan fingerprint density at radius 2 is 2.24 bits per heavy atom. The first-order chi connectivity index (χ1) is 10.1. The van der Waals surface area contributed by atoms with Crippen LogP contribution in [-0.2, 0) is 0 Å². The second kappa shape index (κ2) is 5.17. The molecule has 1 amide bonds. The summed E-state index contributed by atoms with van der Waals surface area (Å²) in [4.78, 5) is 17.0. The number of aromatic nitrogens is 3. The smallest absolute Gasteiger partial charge is 0.267 e. The Balaban J connectivity index is 1.88. The molecular weight excluding hydrogens is 286 g/mol. The highest BCUT2D eigenvalue weighted by molar-refractivity contribution is 7.12. The summed E-state index contributed by atoms with van der Waals surface area (Å²) in [5, 5.41) is 9.79. The number of amides is 1. The molecule has 0 aromatic carbocycles. The number of hydrogen-bond donors (Lipinski definition) is 2. The molecule has 0 aliphatic rings. The highest BCUT2D eigenvalue weighted by Crippen LogP contribution is 2.22. The number of nitrogen functional groups attached to an aromatic ring is 1. The first-order valence-corrected chi connectivity index (χ1v) is 7.42. The molecule has 6 nitrogen and oxygen atoms in total. The van der Waals surface area contributed by atoms with E-state index < -0.39 is 0 Å². The summed E-state index contributed by atoms with van der Waals surface area (Å²) in [5.74, 6) is -0.222. The van der Waals surface area contributed by atoms with Gasteiger partial charge in [-0.1, -0.05) is 0 Å². The zero-order valence-electron chi connectivity index (χ0n) is 11.7. The van der Waals surface area contributed by atoms with Gasteiger partial charge in [-0.15, -0.1) is 11.3 Å². The third kappa shape index (κ3) is 2.47. The molecular formula is C14H15N5OS. The van der Waals surface area contributed by atoms with Gasteiger partial charge in [0.05, 0.1) is 23.8 Å². The lowest BCUT2D eigenvalue weighted by Gasteiger charge is -2.07. The number of pyridine rings is 1. The highest BCUT2D eigenvalue weighted by Gasteiger charge is 2.13. The number of hydrogen-bond acceptors (Lipinski definition) is 5. The minimum Gasteiger partial charge on any atom is -0.397 e. The molecule has 0 unspecified atom stereocenters. The van der Waals surface area contributed by atoms with E-state index in [1.54, 1.807) is 23.8 Å². The van der Waals surface area contributed by atoms with Gasteiger partial charge in [-0.3, -0.25) is 4.79 Å². The van der Waals surface area contributed by atoms with Crippen LogP contribution in [0.15, 0.2) is 29.9 Å². The maximum atomic E-state index is 12.1. The maximum absolute atomic E-state index is 12.1.